The van der Waals surface area contributed by atoms with Gasteiger partial charge in [0.25, 0.3) is 0 Å². The summed E-state index contributed by atoms with van der Waals surface area (Å²) in [6.07, 6.45) is -2.24. The number of esters is 1. The highest BCUT2D eigenvalue weighted by atomic mass is 16.7. The van der Waals surface area contributed by atoms with E-state index in [1.807, 2.05) is 34.6 Å². The van der Waals surface area contributed by atoms with E-state index in [2.05, 4.69) is 5.32 Å². The second kappa shape index (κ2) is 17.9. The van der Waals surface area contributed by atoms with Gasteiger partial charge >= 0.3 is 24.4 Å². The van der Waals surface area contributed by atoms with Gasteiger partial charge in [0.1, 0.15) is 18.8 Å². The fourth-order valence-corrected chi connectivity index (χ4v) is 2.82. The molecule has 220 valence electrons. The fraction of sp³-hybridized carbons (Fsp3) is 0.630. The van der Waals surface area contributed by atoms with Crippen LogP contribution in [-0.4, -0.2) is 70.1 Å². The quantitative estimate of drug-likeness (QED) is 0.139. The monoisotopic (exact) mass is 555 g/mol. The Labute approximate surface area is 229 Å². The van der Waals surface area contributed by atoms with Crippen molar-refractivity contribution in [1.82, 2.24) is 5.32 Å². The molecule has 1 N–H and O–H groups in total. The SMILES string of the molecule is CCC(C)OC(=O)OCCN[C@@H](Cc1ccc(OC(=O)OCC(C)C)c(OC(=O)OCC(C)C)c1)C(=O)OC. The summed E-state index contributed by atoms with van der Waals surface area (Å²) >= 11 is 0. The molecule has 0 aliphatic rings. The van der Waals surface area contributed by atoms with Crippen LogP contribution in [0.3, 0.4) is 0 Å². The van der Waals surface area contributed by atoms with Crippen molar-refractivity contribution in [3.63, 3.8) is 0 Å². The van der Waals surface area contributed by atoms with Crippen LogP contribution in [0.5, 0.6) is 11.5 Å². The molecular formula is C27H41NO11. The highest BCUT2D eigenvalue weighted by Crippen LogP contribution is 2.30. The average molecular weight is 556 g/mol. The number of carbonyl (C=O) groups excluding carboxylic acids is 4. The first kappa shape index (κ1) is 33.5. The van der Waals surface area contributed by atoms with Gasteiger partial charge in [-0.25, -0.2) is 14.4 Å². The maximum absolute atomic E-state index is 12.4. The molecule has 0 saturated heterocycles. The number of ether oxygens (including phenoxy) is 7. The summed E-state index contributed by atoms with van der Waals surface area (Å²) in [5.74, 6) is -0.542. The molecule has 1 unspecified atom stereocenters. The second-order valence-electron chi connectivity index (χ2n) is 9.56. The van der Waals surface area contributed by atoms with Crippen molar-refractivity contribution >= 4 is 24.4 Å². The molecule has 1 aromatic rings. The number of carbonyl (C=O) groups is 4. The van der Waals surface area contributed by atoms with E-state index in [0.717, 1.165) is 0 Å². The molecule has 0 aromatic heterocycles. The predicted octanol–water partition coefficient (Wildman–Crippen LogP) is 4.65. The van der Waals surface area contributed by atoms with Crippen molar-refractivity contribution < 1.29 is 52.3 Å². The van der Waals surface area contributed by atoms with E-state index in [0.29, 0.717) is 12.0 Å². The number of hydrogen-bond donors (Lipinski definition) is 1. The molecule has 0 amide bonds. The Morgan fingerprint density at radius 2 is 1.41 bits per heavy atom. The molecule has 2 atom stereocenters. The van der Waals surface area contributed by atoms with E-state index in [4.69, 9.17) is 33.2 Å². The first-order chi connectivity index (χ1) is 18.4. The van der Waals surface area contributed by atoms with Gasteiger partial charge in [0.2, 0.25) is 0 Å². The van der Waals surface area contributed by atoms with E-state index in [9.17, 15) is 19.2 Å². The summed E-state index contributed by atoms with van der Waals surface area (Å²) in [6, 6.07) is 3.63. The molecular weight excluding hydrogens is 514 g/mol. The minimum Gasteiger partial charge on any atom is -0.468 e. The van der Waals surface area contributed by atoms with Crippen LogP contribution in [-0.2, 0) is 34.9 Å². The predicted molar refractivity (Wildman–Crippen MR) is 140 cm³/mol. The Hall–Kier alpha value is -3.54. The smallest absolute Gasteiger partial charge is 0.468 e. The summed E-state index contributed by atoms with van der Waals surface area (Å²) in [5, 5.41) is 2.96. The average Bonchev–Trinajstić information content (AvgIpc) is 2.88. The zero-order valence-corrected chi connectivity index (χ0v) is 23.8. The number of nitrogens with one attached hydrogen (secondary N) is 1. The van der Waals surface area contributed by atoms with Crippen LogP contribution < -0.4 is 14.8 Å². The Morgan fingerprint density at radius 1 is 0.821 bits per heavy atom. The Bertz CT molecular complexity index is 932. The van der Waals surface area contributed by atoms with Crippen LogP contribution in [0.1, 0.15) is 53.5 Å². The Balaban J connectivity index is 2.96. The van der Waals surface area contributed by atoms with E-state index in [1.165, 1.54) is 19.2 Å². The lowest BCUT2D eigenvalue weighted by Gasteiger charge is -2.18. The molecule has 0 heterocycles. The third kappa shape index (κ3) is 14.3. The van der Waals surface area contributed by atoms with E-state index >= 15 is 0 Å². The molecule has 0 spiro atoms. The van der Waals surface area contributed by atoms with Crippen molar-refractivity contribution in [3.8, 4) is 11.5 Å². The van der Waals surface area contributed by atoms with Gasteiger partial charge < -0.3 is 38.5 Å². The number of benzene rings is 1. The molecule has 39 heavy (non-hydrogen) atoms. The Morgan fingerprint density at radius 3 is 1.95 bits per heavy atom. The van der Waals surface area contributed by atoms with Gasteiger partial charge in [0.15, 0.2) is 11.5 Å². The number of methoxy groups -OCH3 is 1. The van der Waals surface area contributed by atoms with Crippen molar-refractivity contribution in [2.75, 3.05) is 33.5 Å². The largest absolute Gasteiger partial charge is 0.513 e. The Kier molecular flexibility index (Phi) is 15.3. The molecule has 0 bridgehead atoms. The summed E-state index contributed by atoms with van der Waals surface area (Å²) in [5.41, 5.74) is 0.546. The molecule has 12 heteroatoms. The number of hydrogen-bond acceptors (Lipinski definition) is 12. The van der Waals surface area contributed by atoms with Crippen molar-refractivity contribution in [1.29, 1.82) is 0 Å². The van der Waals surface area contributed by atoms with Crippen LogP contribution in [0, 0.1) is 11.8 Å². The van der Waals surface area contributed by atoms with Crippen LogP contribution in [0.25, 0.3) is 0 Å². The lowest BCUT2D eigenvalue weighted by molar-refractivity contribution is -0.143. The minimum absolute atomic E-state index is 0.0376. The third-order valence-corrected chi connectivity index (χ3v) is 4.97. The number of rotatable bonds is 15. The van der Waals surface area contributed by atoms with Gasteiger partial charge in [-0.3, -0.25) is 4.79 Å². The highest BCUT2D eigenvalue weighted by molar-refractivity contribution is 5.76. The van der Waals surface area contributed by atoms with Crippen LogP contribution in [0.2, 0.25) is 0 Å². The van der Waals surface area contributed by atoms with Crippen LogP contribution >= 0.6 is 0 Å². The van der Waals surface area contributed by atoms with Crippen molar-refractivity contribution in [2.24, 2.45) is 11.8 Å². The lowest BCUT2D eigenvalue weighted by atomic mass is 10.1. The van der Waals surface area contributed by atoms with Gasteiger partial charge in [0.05, 0.1) is 20.3 Å². The summed E-state index contributed by atoms with van der Waals surface area (Å²) in [6.45, 7) is 11.5. The molecule has 0 aliphatic heterocycles. The lowest BCUT2D eigenvalue weighted by Crippen LogP contribution is -2.41. The van der Waals surface area contributed by atoms with Gasteiger partial charge in [-0.15, -0.1) is 0 Å². The van der Waals surface area contributed by atoms with Crippen molar-refractivity contribution in [2.45, 2.75) is 66.5 Å². The standard InChI is InChI=1S/C27H41NO11/c1-8-19(6)37-25(30)34-12-11-28-21(24(29)33-7)13-20-9-10-22(38-26(31)35-15-17(2)3)23(14-20)39-27(32)36-16-18(4)5/h9-10,14,17-19,21,28H,8,11-13,15-16H2,1-7H3/t19?,21-/m0/s1. The maximum Gasteiger partial charge on any atom is 0.513 e. The van der Waals surface area contributed by atoms with Crippen LogP contribution in [0.15, 0.2) is 18.2 Å². The highest BCUT2D eigenvalue weighted by Gasteiger charge is 2.22. The maximum atomic E-state index is 12.4. The molecule has 0 fully saturated rings. The fourth-order valence-electron chi connectivity index (χ4n) is 2.82. The zero-order valence-electron chi connectivity index (χ0n) is 23.8. The summed E-state index contributed by atoms with van der Waals surface area (Å²) in [4.78, 5) is 48.4. The normalized spacial score (nSPS) is 12.3. The first-order valence-corrected chi connectivity index (χ1v) is 12.9. The molecule has 1 rings (SSSR count). The van der Waals surface area contributed by atoms with E-state index in [-0.39, 0.29) is 62.2 Å². The van der Waals surface area contributed by atoms with Crippen molar-refractivity contribution in [3.05, 3.63) is 23.8 Å². The molecule has 1 aromatic carbocycles. The third-order valence-electron chi connectivity index (χ3n) is 4.97. The van der Waals surface area contributed by atoms with Gasteiger partial charge in [0, 0.05) is 6.54 Å². The van der Waals surface area contributed by atoms with E-state index < -0.39 is 30.5 Å². The summed E-state index contributed by atoms with van der Waals surface area (Å²) < 4.78 is 35.5. The second-order valence-corrected chi connectivity index (χ2v) is 9.56. The van der Waals surface area contributed by atoms with Gasteiger partial charge in [-0.2, -0.15) is 0 Å². The molecule has 0 saturated carbocycles. The zero-order chi connectivity index (χ0) is 29.4. The van der Waals surface area contributed by atoms with E-state index in [1.54, 1.807) is 13.0 Å². The molecule has 0 aliphatic carbocycles. The first-order valence-electron chi connectivity index (χ1n) is 12.9. The summed E-state index contributed by atoms with van der Waals surface area (Å²) in [7, 11) is 1.25. The molecule has 12 nitrogen and oxygen atoms in total. The molecule has 0 radical (unpaired) electrons. The van der Waals surface area contributed by atoms with Gasteiger partial charge in [-0.1, -0.05) is 40.7 Å². The van der Waals surface area contributed by atoms with Crippen LogP contribution in [0.4, 0.5) is 14.4 Å². The minimum atomic E-state index is -0.981. The van der Waals surface area contributed by atoms with Gasteiger partial charge in [-0.05, 0) is 49.3 Å². The topological polar surface area (TPSA) is 145 Å².